The number of furan rings is 1. The molecule has 3 aromatic rings. The molecule has 3 rings (SSSR count). The maximum Gasteiger partial charge on any atom is 0.322 e. The van der Waals surface area contributed by atoms with Crippen molar-refractivity contribution >= 4 is 35.5 Å². The third kappa shape index (κ3) is 8.95. The molecule has 0 radical (unpaired) electrons. The first-order valence-electron chi connectivity index (χ1n) is 13.5. The molecule has 11 heteroatoms. The van der Waals surface area contributed by atoms with Crippen molar-refractivity contribution in [1.29, 1.82) is 0 Å². The highest BCUT2D eigenvalue weighted by atomic mass is 32.2. The first-order chi connectivity index (χ1) is 19.9. The summed E-state index contributed by atoms with van der Waals surface area (Å²) in [6.07, 6.45) is 1.57. The Hall–Kier alpha value is -4.09. The van der Waals surface area contributed by atoms with Crippen molar-refractivity contribution in [3.05, 3.63) is 72.5 Å². The molecule has 224 valence electrons. The summed E-state index contributed by atoms with van der Waals surface area (Å²) in [6, 6.07) is 18.7. The second-order valence-electron chi connectivity index (χ2n) is 10.9. The van der Waals surface area contributed by atoms with Crippen LogP contribution in [0.25, 0.3) is 22.5 Å². The molecule has 0 spiro atoms. The van der Waals surface area contributed by atoms with Gasteiger partial charge in [-0.1, -0.05) is 75.4 Å². The van der Waals surface area contributed by atoms with Crippen LogP contribution >= 0.6 is 11.8 Å². The van der Waals surface area contributed by atoms with Crippen LogP contribution in [-0.4, -0.2) is 58.1 Å². The fraction of sp³-hybridized carbons (Fsp3) is 0.355. The standard InChI is InChI=1S/C31H37N3O7S/c1-31(2,3)27(29(38)34-33-23(30(39)40)16-17-42-4)32-28(37)22(18-26(35)36)25-15-14-24(41-25)21-12-10-20(11-13-21)19-8-6-5-7-9-19/h5-15,22-23,27,33H,16-18H2,1-4H3,(H,32,37)(H,34,38)(H,35,36)(H,39,40)/t22?,23-,27+/m0/s1. The maximum absolute atomic E-state index is 13.4. The van der Waals surface area contributed by atoms with Gasteiger partial charge >= 0.3 is 11.9 Å². The number of carboxylic acids is 2. The second-order valence-corrected chi connectivity index (χ2v) is 11.9. The summed E-state index contributed by atoms with van der Waals surface area (Å²) in [5.74, 6) is -3.72. The van der Waals surface area contributed by atoms with Crippen molar-refractivity contribution in [3.8, 4) is 22.5 Å². The Kier molecular flexibility index (Phi) is 11.3. The number of benzene rings is 2. The van der Waals surface area contributed by atoms with Crippen LogP contribution < -0.4 is 16.2 Å². The van der Waals surface area contributed by atoms with Crippen LogP contribution in [0.5, 0.6) is 0 Å². The number of carbonyl (C=O) groups is 4. The molecule has 0 aliphatic carbocycles. The number of aliphatic carboxylic acids is 2. The van der Waals surface area contributed by atoms with E-state index in [1.54, 1.807) is 32.9 Å². The number of hydrogen-bond donors (Lipinski definition) is 5. The van der Waals surface area contributed by atoms with E-state index in [9.17, 15) is 29.4 Å². The topological polar surface area (TPSA) is 158 Å². The highest BCUT2D eigenvalue weighted by molar-refractivity contribution is 7.98. The van der Waals surface area contributed by atoms with Crippen molar-refractivity contribution in [3.63, 3.8) is 0 Å². The molecule has 0 aliphatic heterocycles. The van der Waals surface area contributed by atoms with Gasteiger partial charge in [-0.15, -0.1) is 0 Å². The summed E-state index contributed by atoms with van der Waals surface area (Å²) < 4.78 is 5.97. The van der Waals surface area contributed by atoms with E-state index in [-0.39, 0.29) is 12.2 Å². The molecule has 0 aliphatic rings. The van der Waals surface area contributed by atoms with Crippen molar-refractivity contribution in [1.82, 2.24) is 16.2 Å². The second kappa shape index (κ2) is 14.7. The van der Waals surface area contributed by atoms with E-state index in [1.165, 1.54) is 11.8 Å². The van der Waals surface area contributed by atoms with Crippen LogP contribution in [0.1, 0.15) is 45.3 Å². The number of rotatable bonds is 14. The minimum absolute atomic E-state index is 0.145. The van der Waals surface area contributed by atoms with E-state index in [0.717, 1.165) is 16.7 Å². The number of thioether (sulfide) groups is 1. The third-order valence-electron chi connectivity index (χ3n) is 6.64. The van der Waals surface area contributed by atoms with E-state index in [1.807, 2.05) is 60.9 Å². The average molecular weight is 596 g/mol. The number of hydrogen-bond acceptors (Lipinski definition) is 7. The highest BCUT2D eigenvalue weighted by Gasteiger charge is 2.37. The summed E-state index contributed by atoms with van der Waals surface area (Å²) >= 11 is 1.48. The Bertz CT molecular complexity index is 1370. The van der Waals surface area contributed by atoms with E-state index in [2.05, 4.69) is 16.2 Å². The molecule has 1 unspecified atom stereocenters. The van der Waals surface area contributed by atoms with Gasteiger partial charge in [-0.05, 0) is 47.1 Å². The monoisotopic (exact) mass is 595 g/mol. The highest BCUT2D eigenvalue weighted by Crippen LogP contribution is 2.31. The van der Waals surface area contributed by atoms with E-state index >= 15 is 0 Å². The minimum atomic E-state index is -1.21. The fourth-order valence-electron chi connectivity index (χ4n) is 4.29. The Labute approximate surface area is 249 Å². The number of carboxylic acid groups (broad SMARTS) is 2. The van der Waals surface area contributed by atoms with Crippen molar-refractivity contribution in [2.24, 2.45) is 5.41 Å². The quantitative estimate of drug-likeness (QED) is 0.169. The molecule has 1 aromatic heterocycles. The van der Waals surface area contributed by atoms with Crippen molar-refractivity contribution < 1.29 is 33.8 Å². The number of amides is 2. The zero-order valence-corrected chi connectivity index (χ0v) is 24.9. The molecule has 0 saturated heterocycles. The van der Waals surface area contributed by atoms with Crippen LogP contribution in [0.4, 0.5) is 0 Å². The molecular formula is C31H37N3O7S. The summed E-state index contributed by atoms with van der Waals surface area (Å²) in [6.45, 7) is 5.20. The van der Waals surface area contributed by atoms with Gasteiger partial charge in [-0.2, -0.15) is 11.8 Å². The Morgan fingerprint density at radius 1 is 0.857 bits per heavy atom. The summed E-state index contributed by atoms with van der Waals surface area (Å²) in [5, 5.41) is 21.7. The number of carbonyl (C=O) groups excluding carboxylic acids is 2. The zero-order valence-electron chi connectivity index (χ0n) is 24.0. The lowest BCUT2D eigenvalue weighted by Gasteiger charge is -2.31. The number of nitrogens with one attached hydrogen (secondary N) is 3. The van der Waals surface area contributed by atoms with E-state index < -0.39 is 53.6 Å². The van der Waals surface area contributed by atoms with Gasteiger partial charge in [0.25, 0.3) is 5.91 Å². The van der Waals surface area contributed by atoms with Crippen molar-refractivity contribution in [2.75, 3.05) is 12.0 Å². The largest absolute Gasteiger partial charge is 0.481 e. The van der Waals surface area contributed by atoms with E-state index in [4.69, 9.17) is 4.42 Å². The predicted molar refractivity (Wildman–Crippen MR) is 162 cm³/mol. The molecule has 3 atom stereocenters. The smallest absolute Gasteiger partial charge is 0.322 e. The lowest BCUT2D eigenvalue weighted by Crippen LogP contribution is -2.59. The first-order valence-corrected chi connectivity index (χ1v) is 14.8. The summed E-state index contributed by atoms with van der Waals surface area (Å²) in [5.41, 5.74) is 6.99. The Morgan fingerprint density at radius 2 is 1.48 bits per heavy atom. The van der Waals surface area contributed by atoms with E-state index in [0.29, 0.717) is 11.5 Å². The molecule has 1 heterocycles. The van der Waals surface area contributed by atoms with Crippen LogP contribution in [0.3, 0.4) is 0 Å². The molecule has 2 aromatic carbocycles. The molecule has 0 fully saturated rings. The maximum atomic E-state index is 13.4. The van der Waals surface area contributed by atoms with Gasteiger partial charge < -0.3 is 19.9 Å². The molecule has 42 heavy (non-hydrogen) atoms. The summed E-state index contributed by atoms with van der Waals surface area (Å²) in [7, 11) is 0. The molecular weight excluding hydrogens is 558 g/mol. The lowest BCUT2D eigenvalue weighted by molar-refractivity contribution is -0.141. The lowest BCUT2D eigenvalue weighted by atomic mass is 9.85. The fourth-order valence-corrected chi connectivity index (χ4v) is 4.76. The van der Waals surface area contributed by atoms with Gasteiger partial charge in [0.1, 0.15) is 29.5 Å². The normalized spacial score (nSPS) is 13.5. The van der Waals surface area contributed by atoms with Gasteiger partial charge in [0.15, 0.2) is 0 Å². The minimum Gasteiger partial charge on any atom is -0.481 e. The molecule has 0 saturated carbocycles. The van der Waals surface area contributed by atoms with Gasteiger partial charge in [0, 0.05) is 5.56 Å². The SMILES string of the molecule is CSCC[C@H](NNC(=O)[C@@H](NC(=O)C(CC(=O)O)c1ccc(-c2ccc(-c3ccccc3)cc2)o1)C(C)(C)C)C(=O)O. The van der Waals surface area contributed by atoms with Gasteiger partial charge in [-0.25, -0.2) is 5.43 Å². The van der Waals surface area contributed by atoms with Crippen LogP contribution in [0.15, 0.2) is 71.1 Å². The van der Waals surface area contributed by atoms with Gasteiger partial charge in [-0.3, -0.25) is 24.6 Å². The molecule has 10 nitrogen and oxygen atoms in total. The average Bonchev–Trinajstić information content (AvgIpc) is 3.44. The zero-order chi connectivity index (χ0) is 30.9. The summed E-state index contributed by atoms with van der Waals surface area (Å²) in [4.78, 5) is 49.8. The van der Waals surface area contributed by atoms with Crippen LogP contribution in [0, 0.1) is 5.41 Å². The van der Waals surface area contributed by atoms with Gasteiger partial charge in [0.2, 0.25) is 5.91 Å². The third-order valence-corrected chi connectivity index (χ3v) is 7.28. The molecule has 5 N–H and O–H groups in total. The van der Waals surface area contributed by atoms with Crippen LogP contribution in [0.2, 0.25) is 0 Å². The Morgan fingerprint density at radius 3 is 2.05 bits per heavy atom. The van der Waals surface area contributed by atoms with Crippen molar-refractivity contribution in [2.45, 2.75) is 51.6 Å². The number of hydrazine groups is 1. The predicted octanol–water partition coefficient (Wildman–Crippen LogP) is 4.53. The molecule has 0 bridgehead atoms. The first kappa shape index (κ1) is 32.4. The Balaban J connectivity index is 1.78. The van der Waals surface area contributed by atoms with Gasteiger partial charge in [0.05, 0.1) is 6.42 Å². The molecule has 2 amide bonds. The van der Waals surface area contributed by atoms with Crippen LogP contribution in [-0.2, 0) is 19.2 Å².